The van der Waals surface area contributed by atoms with E-state index in [-0.39, 0.29) is 29.6 Å². The highest BCUT2D eigenvalue weighted by Gasteiger charge is 2.31. The summed E-state index contributed by atoms with van der Waals surface area (Å²) < 4.78 is 0. The van der Waals surface area contributed by atoms with Gasteiger partial charge in [0.05, 0.1) is 6.07 Å². The monoisotopic (exact) mass is 451 g/mol. The van der Waals surface area contributed by atoms with E-state index in [4.69, 9.17) is 0 Å². The van der Waals surface area contributed by atoms with Crippen LogP contribution in [0.25, 0.3) is 10.9 Å². The first-order valence-corrected chi connectivity index (χ1v) is 11.5. The fraction of sp³-hybridized carbons (Fsp3) is 0.520. The lowest BCUT2D eigenvalue weighted by molar-refractivity contribution is -0.125. The molecule has 1 aliphatic rings. The summed E-state index contributed by atoms with van der Waals surface area (Å²) in [6, 6.07) is 8.25. The summed E-state index contributed by atoms with van der Waals surface area (Å²) in [5.41, 5.74) is 2.18. The van der Waals surface area contributed by atoms with Gasteiger partial charge in [-0.25, -0.2) is 0 Å². The van der Waals surface area contributed by atoms with Crippen molar-refractivity contribution in [1.82, 2.24) is 20.9 Å². The zero-order valence-corrected chi connectivity index (χ0v) is 19.7. The number of nitrogens with one attached hydrogen (secondary N) is 4. The number of aromatic amines is 1. The zero-order chi connectivity index (χ0) is 24.2. The van der Waals surface area contributed by atoms with Crippen molar-refractivity contribution in [3.05, 3.63) is 35.5 Å². The van der Waals surface area contributed by atoms with Crippen LogP contribution in [-0.4, -0.2) is 41.3 Å². The van der Waals surface area contributed by atoms with Crippen molar-refractivity contribution in [3.63, 3.8) is 0 Å². The van der Waals surface area contributed by atoms with Gasteiger partial charge in [-0.05, 0) is 54.9 Å². The number of benzene rings is 1. The van der Waals surface area contributed by atoms with Gasteiger partial charge in [-0.1, -0.05) is 33.8 Å². The van der Waals surface area contributed by atoms with E-state index in [0.29, 0.717) is 25.1 Å². The lowest BCUT2D eigenvalue weighted by Gasteiger charge is -2.27. The number of aromatic nitrogens is 1. The predicted molar refractivity (Wildman–Crippen MR) is 126 cm³/mol. The van der Waals surface area contributed by atoms with Crippen molar-refractivity contribution in [3.8, 4) is 6.07 Å². The second kappa shape index (κ2) is 10.1. The normalized spacial score (nSPS) is 17.8. The van der Waals surface area contributed by atoms with Crippen molar-refractivity contribution in [1.29, 1.82) is 5.26 Å². The lowest BCUT2D eigenvalue weighted by atomic mass is 9.87. The molecule has 1 fully saturated rings. The van der Waals surface area contributed by atoms with Crippen molar-refractivity contribution >= 4 is 28.6 Å². The van der Waals surface area contributed by atoms with E-state index < -0.39 is 18.0 Å². The maximum absolute atomic E-state index is 13.1. The number of rotatable bonds is 8. The first kappa shape index (κ1) is 24.3. The molecule has 176 valence electrons. The molecule has 3 amide bonds. The van der Waals surface area contributed by atoms with Crippen LogP contribution < -0.4 is 16.0 Å². The molecule has 0 bridgehead atoms. The Morgan fingerprint density at radius 2 is 2.00 bits per heavy atom. The molecule has 0 saturated carbocycles. The minimum absolute atomic E-state index is 0.0888. The average Bonchev–Trinajstić information content (AvgIpc) is 3.37. The summed E-state index contributed by atoms with van der Waals surface area (Å²) >= 11 is 0. The molecule has 3 rings (SSSR count). The molecule has 3 atom stereocenters. The topological polar surface area (TPSA) is 127 Å². The Labute approximate surface area is 194 Å². The number of hydrogen-bond donors (Lipinski definition) is 4. The van der Waals surface area contributed by atoms with E-state index in [9.17, 15) is 19.6 Å². The number of carbonyl (C=O) groups is 3. The van der Waals surface area contributed by atoms with Crippen LogP contribution in [0.5, 0.6) is 0 Å². The van der Waals surface area contributed by atoms with Crippen molar-refractivity contribution < 1.29 is 14.4 Å². The Bertz CT molecular complexity index is 1080. The molecule has 4 N–H and O–H groups in total. The molecule has 0 aliphatic carbocycles. The van der Waals surface area contributed by atoms with Gasteiger partial charge in [0.15, 0.2) is 0 Å². The molecule has 8 heteroatoms. The Balaban J connectivity index is 1.73. The standard InChI is InChI=1S/C25H33N5O3/c1-5-15-6-7-19-17(10-15)12-20(29-19)23(32)30-21(13-25(2,3)4)24(33)28-18(14-26)11-16-8-9-27-22(16)31/h6-7,10,12,16,18,21,29H,5,8-9,11,13H2,1-4H3,(H,27,31)(H,28,33)(H,30,32)/t16-,18-,21-/m0/s1. The number of fused-ring (bicyclic) bond motifs is 1. The van der Waals surface area contributed by atoms with Gasteiger partial charge in [-0.3, -0.25) is 14.4 Å². The summed E-state index contributed by atoms with van der Waals surface area (Å²) in [6.07, 6.45) is 2.20. The largest absolute Gasteiger partial charge is 0.356 e. The molecule has 1 saturated heterocycles. The Hall–Kier alpha value is -3.34. The van der Waals surface area contributed by atoms with Crippen LogP contribution >= 0.6 is 0 Å². The highest BCUT2D eigenvalue weighted by atomic mass is 16.2. The van der Waals surface area contributed by atoms with Gasteiger partial charge in [0, 0.05) is 23.4 Å². The van der Waals surface area contributed by atoms with Gasteiger partial charge in [0.25, 0.3) is 5.91 Å². The number of H-pyrrole nitrogens is 1. The van der Waals surface area contributed by atoms with E-state index >= 15 is 0 Å². The average molecular weight is 452 g/mol. The van der Waals surface area contributed by atoms with Gasteiger partial charge >= 0.3 is 0 Å². The molecule has 8 nitrogen and oxygen atoms in total. The van der Waals surface area contributed by atoms with Crippen LogP contribution in [0.1, 0.15) is 63.0 Å². The quantitative estimate of drug-likeness (QED) is 0.492. The minimum Gasteiger partial charge on any atom is -0.356 e. The maximum atomic E-state index is 13.1. The SMILES string of the molecule is CCc1ccc2[nH]c(C(=O)N[C@@H](CC(C)(C)C)C(=O)N[C@H](C#N)C[C@@H]3CCNC3=O)cc2c1. The molecule has 2 heterocycles. The van der Waals surface area contributed by atoms with E-state index in [1.165, 1.54) is 5.56 Å². The molecule has 2 aromatic rings. The summed E-state index contributed by atoms with van der Waals surface area (Å²) in [7, 11) is 0. The first-order valence-electron chi connectivity index (χ1n) is 11.5. The third-order valence-corrected chi connectivity index (χ3v) is 5.93. The zero-order valence-electron chi connectivity index (χ0n) is 19.7. The minimum atomic E-state index is -0.816. The molecule has 0 radical (unpaired) electrons. The number of hydrogen-bond acceptors (Lipinski definition) is 4. The molecule has 0 spiro atoms. The van der Waals surface area contributed by atoms with E-state index in [1.54, 1.807) is 6.07 Å². The highest BCUT2D eigenvalue weighted by Crippen LogP contribution is 2.23. The third-order valence-electron chi connectivity index (χ3n) is 5.93. The van der Waals surface area contributed by atoms with Crippen LogP contribution in [0.4, 0.5) is 0 Å². The first-order chi connectivity index (χ1) is 15.6. The van der Waals surface area contributed by atoms with Gasteiger partial charge in [0.2, 0.25) is 11.8 Å². The lowest BCUT2D eigenvalue weighted by Crippen LogP contribution is -2.51. The predicted octanol–water partition coefficient (Wildman–Crippen LogP) is 2.80. The number of aryl methyl sites for hydroxylation is 1. The van der Waals surface area contributed by atoms with E-state index in [0.717, 1.165) is 17.3 Å². The van der Waals surface area contributed by atoms with Crippen molar-refractivity contribution in [2.45, 2.75) is 65.5 Å². The molecular formula is C25H33N5O3. The van der Waals surface area contributed by atoms with Gasteiger partial charge in [0.1, 0.15) is 17.8 Å². The van der Waals surface area contributed by atoms with Crippen LogP contribution in [0.3, 0.4) is 0 Å². The molecule has 33 heavy (non-hydrogen) atoms. The second-order valence-electron chi connectivity index (χ2n) is 9.95. The fourth-order valence-corrected chi connectivity index (χ4v) is 4.15. The van der Waals surface area contributed by atoms with Crippen molar-refractivity contribution in [2.24, 2.45) is 11.3 Å². The summed E-state index contributed by atoms with van der Waals surface area (Å²) in [5, 5.41) is 18.8. The number of carbonyl (C=O) groups excluding carboxylic acids is 3. The molecule has 1 aromatic carbocycles. The molecular weight excluding hydrogens is 418 g/mol. The Morgan fingerprint density at radius 1 is 1.24 bits per heavy atom. The Kier molecular flexibility index (Phi) is 7.42. The summed E-state index contributed by atoms with van der Waals surface area (Å²) in [5.74, 6) is -1.18. The van der Waals surface area contributed by atoms with Crippen molar-refractivity contribution in [2.75, 3.05) is 6.54 Å². The molecule has 0 unspecified atom stereocenters. The maximum Gasteiger partial charge on any atom is 0.268 e. The van der Waals surface area contributed by atoms with Crippen LogP contribution in [-0.2, 0) is 16.0 Å². The number of nitriles is 1. The molecule has 1 aliphatic heterocycles. The summed E-state index contributed by atoms with van der Waals surface area (Å²) in [4.78, 5) is 41.1. The highest BCUT2D eigenvalue weighted by molar-refractivity contribution is 6.00. The second-order valence-corrected chi connectivity index (χ2v) is 9.95. The summed E-state index contributed by atoms with van der Waals surface area (Å²) in [6.45, 7) is 8.62. The van der Waals surface area contributed by atoms with Gasteiger partial charge in [-0.2, -0.15) is 5.26 Å². The van der Waals surface area contributed by atoms with Gasteiger partial charge < -0.3 is 20.9 Å². The smallest absolute Gasteiger partial charge is 0.268 e. The van der Waals surface area contributed by atoms with Crippen LogP contribution in [0.15, 0.2) is 24.3 Å². The third kappa shape index (κ3) is 6.35. The van der Waals surface area contributed by atoms with E-state index in [2.05, 4.69) is 33.9 Å². The number of amides is 3. The van der Waals surface area contributed by atoms with E-state index in [1.807, 2.05) is 39.0 Å². The molecule has 1 aromatic heterocycles. The van der Waals surface area contributed by atoms with Crippen LogP contribution in [0, 0.1) is 22.7 Å². The van der Waals surface area contributed by atoms with Crippen LogP contribution in [0.2, 0.25) is 0 Å². The van der Waals surface area contributed by atoms with Gasteiger partial charge in [-0.15, -0.1) is 0 Å². The fourth-order valence-electron chi connectivity index (χ4n) is 4.15. The number of nitrogens with zero attached hydrogens (tertiary/aromatic N) is 1. The Morgan fingerprint density at radius 3 is 2.61 bits per heavy atom.